The fourth-order valence-corrected chi connectivity index (χ4v) is 2.70. The molecule has 1 aromatic rings. The Morgan fingerprint density at radius 1 is 1.44 bits per heavy atom. The lowest BCUT2D eigenvalue weighted by atomic mass is 9.97. The van der Waals surface area contributed by atoms with Gasteiger partial charge in [0.15, 0.2) is 0 Å². The van der Waals surface area contributed by atoms with Gasteiger partial charge in [0.1, 0.15) is 0 Å². The Labute approximate surface area is 112 Å². The molecule has 0 radical (unpaired) electrons. The summed E-state index contributed by atoms with van der Waals surface area (Å²) in [5.41, 5.74) is 1.50. The molecule has 3 heteroatoms. The quantitative estimate of drug-likeness (QED) is 0.634. The lowest BCUT2D eigenvalue weighted by Crippen LogP contribution is -2.22. The number of nitrogens with one attached hydrogen (secondary N) is 1. The monoisotopic (exact) mass is 261 g/mol. The van der Waals surface area contributed by atoms with Gasteiger partial charge in [0.05, 0.1) is 0 Å². The summed E-state index contributed by atoms with van der Waals surface area (Å²) in [6.07, 6.45) is 11.8. The highest BCUT2D eigenvalue weighted by Crippen LogP contribution is 2.19. The number of thiophene rings is 1. The summed E-state index contributed by atoms with van der Waals surface area (Å²) >= 11 is 1.64. The van der Waals surface area contributed by atoms with Crippen molar-refractivity contribution in [1.29, 1.82) is 0 Å². The number of hydrogen-bond acceptors (Lipinski definition) is 2. The van der Waals surface area contributed by atoms with Gasteiger partial charge in [-0.1, -0.05) is 17.7 Å². The van der Waals surface area contributed by atoms with Crippen LogP contribution in [0.15, 0.2) is 35.2 Å². The summed E-state index contributed by atoms with van der Waals surface area (Å²) in [5, 5.41) is 4.94. The van der Waals surface area contributed by atoms with Crippen LogP contribution in [0, 0.1) is 0 Å². The predicted molar refractivity (Wildman–Crippen MR) is 77.5 cm³/mol. The maximum atomic E-state index is 11.6. The van der Waals surface area contributed by atoms with E-state index in [0.29, 0.717) is 0 Å². The first-order chi connectivity index (χ1) is 8.84. The van der Waals surface area contributed by atoms with Gasteiger partial charge in [-0.2, -0.15) is 0 Å². The van der Waals surface area contributed by atoms with Crippen LogP contribution in [0.4, 0.5) is 0 Å². The molecule has 1 aliphatic carbocycles. The second-order valence-corrected chi connectivity index (χ2v) is 5.48. The van der Waals surface area contributed by atoms with E-state index in [2.05, 4.69) is 11.4 Å². The van der Waals surface area contributed by atoms with Crippen LogP contribution in [-0.4, -0.2) is 12.5 Å². The highest BCUT2D eigenvalue weighted by molar-refractivity contribution is 7.10. The number of hydrogen-bond donors (Lipinski definition) is 1. The van der Waals surface area contributed by atoms with E-state index in [1.54, 1.807) is 17.4 Å². The van der Waals surface area contributed by atoms with Crippen molar-refractivity contribution in [3.63, 3.8) is 0 Å². The Morgan fingerprint density at radius 3 is 3.11 bits per heavy atom. The van der Waals surface area contributed by atoms with Gasteiger partial charge >= 0.3 is 0 Å². The van der Waals surface area contributed by atoms with Crippen LogP contribution >= 0.6 is 11.3 Å². The topological polar surface area (TPSA) is 29.1 Å². The zero-order valence-electron chi connectivity index (χ0n) is 10.5. The molecule has 0 unspecified atom stereocenters. The van der Waals surface area contributed by atoms with Crippen LogP contribution in [0.2, 0.25) is 0 Å². The molecule has 1 heterocycles. The third-order valence-corrected chi connectivity index (χ3v) is 3.91. The summed E-state index contributed by atoms with van der Waals surface area (Å²) in [6, 6.07) is 3.99. The van der Waals surface area contributed by atoms with Gasteiger partial charge in [0, 0.05) is 17.5 Å². The number of carbonyl (C=O) groups is 1. The molecular formula is C15H19NOS. The van der Waals surface area contributed by atoms with Crippen LogP contribution in [0.5, 0.6) is 0 Å². The smallest absolute Gasteiger partial charge is 0.244 e. The maximum absolute atomic E-state index is 11.6. The summed E-state index contributed by atoms with van der Waals surface area (Å²) in [5.74, 6) is -0.000176. The average Bonchev–Trinajstić information content (AvgIpc) is 2.91. The minimum Gasteiger partial charge on any atom is -0.352 e. The Bertz CT molecular complexity index is 431. The molecule has 0 fully saturated rings. The van der Waals surface area contributed by atoms with Crippen LogP contribution in [0.3, 0.4) is 0 Å². The molecule has 1 N–H and O–H groups in total. The van der Waals surface area contributed by atoms with E-state index in [9.17, 15) is 4.79 Å². The molecule has 1 aromatic heterocycles. The van der Waals surface area contributed by atoms with E-state index in [-0.39, 0.29) is 5.91 Å². The second kappa shape index (κ2) is 7.17. The fourth-order valence-electron chi connectivity index (χ4n) is 2.08. The molecule has 0 aliphatic heterocycles. The first-order valence-corrected chi connectivity index (χ1v) is 7.40. The van der Waals surface area contributed by atoms with Gasteiger partial charge in [0.2, 0.25) is 5.91 Å². The highest BCUT2D eigenvalue weighted by Gasteiger charge is 2.03. The molecule has 2 rings (SSSR count). The SMILES string of the molecule is O=C(/C=C\c1cccs1)NCCC1=CCCCC1. The van der Waals surface area contributed by atoms with Crippen LogP contribution in [0.1, 0.15) is 37.0 Å². The first-order valence-electron chi connectivity index (χ1n) is 6.52. The van der Waals surface area contributed by atoms with Crippen LogP contribution in [0.25, 0.3) is 6.08 Å². The standard InChI is InChI=1S/C15H19NOS/c17-15(9-8-14-7-4-12-18-14)16-11-10-13-5-2-1-3-6-13/h4-5,7-9,12H,1-3,6,10-11H2,(H,16,17)/b9-8-. The van der Waals surface area contributed by atoms with E-state index >= 15 is 0 Å². The molecule has 0 atom stereocenters. The zero-order chi connectivity index (χ0) is 12.6. The van der Waals surface area contributed by atoms with Gasteiger partial charge in [-0.05, 0) is 49.6 Å². The van der Waals surface area contributed by atoms with Gasteiger partial charge < -0.3 is 5.32 Å². The van der Waals surface area contributed by atoms with E-state index in [1.165, 1.54) is 31.3 Å². The fraction of sp³-hybridized carbons (Fsp3) is 0.400. The zero-order valence-corrected chi connectivity index (χ0v) is 11.3. The van der Waals surface area contributed by atoms with Crippen molar-refractivity contribution < 1.29 is 4.79 Å². The molecule has 0 saturated carbocycles. The maximum Gasteiger partial charge on any atom is 0.244 e. The molecule has 0 aromatic carbocycles. The van der Waals surface area contributed by atoms with Crippen molar-refractivity contribution in [3.05, 3.63) is 40.1 Å². The van der Waals surface area contributed by atoms with Gasteiger partial charge in [-0.25, -0.2) is 0 Å². The summed E-state index contributed by atoms with van der Waals surface area (Å²) in [4.78, 5) is 12.7. The van der Waals surface area contributed by atoms with Crippen molar-refractivity contribution in [1.82, 2.24) is 5.32 Å². The molecule has 0 spiro atoms. The van der Waals surface area contributed by atoms with Gasteiger partial charge in [0.25, 0.3) is 0 Å². The van der Waals surface area contributed by atoms with E-state index in [1.807, 2.05) is 23.6 Å². The number of carbonyl (C=O) groups excluding carboxylic acids is 1. The lowest BCUT2D eigenvalue weighted by molar-refractivity contribution is -0.116. The molecule has 0 bridgehead atoms. The van der Waals surface area contributed by atoms with Crippen molar-refractivity contribution in [2.45, 2.75) is 32.1 Å². The first kappa shape index (κ1) is 13.1. The molecular weight excluding hydrogens is 242 g/mol. The lowest BCUT2D eigenvalue weighted by Gasteiger charge is -2.12. The highest BCUT2D eigenvalue weighted by atomic mass is 32.1. The minimum absolute atomic E-state index is 0.000176. The van der Waals surface area contributed by atoms with Gasteiger partial charge in [-0.15, -0.1) is 11.3 Å². The molecule has 1 amide bonds. The second-order valence-electron chi connectivity index (χ2n) is 4.50. The molecule has 1 aliphatic rings. The number of rotatable bonds is 5. The predicted octanol–water partition coefficient (Wildman–Crippen LogP) is 3.77. The van der Waals surface area contributed by atoms with Crippen LogP contribution in [-0.2, 0) is 4.79 Å². The molecule has 2 nitrogen and oxygen atoms in total. The molecule has 18 heavy (non-hydrogen) atoms. The van der Waals surface area contributed by atoms with Crippen molar-refractivity contribution in [2.24, 2.45) is 0 Å². The van der Waals surface area contributed by atoms with E-state index < -0.39 is 0 Å². The molecule has 0 saturated heterocycles. The Morgan fingerprint density at radius 2 is 2.39 bits per heavy atom. The number of allylic oxidation sites excluding steroid dienone is 1. The summed E-state index contributed by atoms with van der Waals surface area (Å²) in [6.45, 7) is 0.749. The Kier molecular flexibility index (Phi) is 5.21. The van der Waals surface area contributed by atoms with E-state index in [0.717, 1.165) is 17.8 Å². The summed E-state index contributed by atoms with van der Waals surface area (Å²) < 4.78 is 0. The average molecular weight is 261 g/mol. The van der Waals surface area contributed by atoms with E-state index in [4.69, 9.17) is 0 Å². The minimum atomic E-state index is -0.000176. The van der Waals surface area contributed by atoms with Crippen LogP contribution < -0.4 is 5.32 Å². The summed E-state index contributed by atoms with van der Waals surface area (Å²) in [7, 11) is 0. The normalized spacial score (nSPS) is 15.7. The van der Waals surface area contributed by atoms with Crippen molar-refractivity contribution in [3.8, 4) is 0 Å². The number of amides is 1. The third kappa shape index (κ3) is 4.49. The Hall–Kier alpha value is -1.35. The Balaban J connectivity index is 1.67. The van der Waals surface area contributed by atoms with Gasteiger partial charge in [-0.3, -0.25) is 4.79 Å². The largest absolute Gasteiger partial charge is 0.352 e. The third-order valence-electron chi connectivity index (χ3n) is 3.07. The van der Waals surface area contributed by atoms with Crippen molar-refractivity contribution in [2.75, 3.05) is 6.54 Å². The molecule has 96 valence electrons. The van der Waals surface area contributed by atoms with Crippen molar-refractivity contribution >= 4 is 23.3 Å².